The van der Waals surface area contributed by atoms with E-state index in [2.05, 4.69) is 27.1 Å². The van der Waals surface area contributed by atoms with E-state index in [4.69, 9.17) is 10.7 Å². The van der Waals surface area contributed by atoms with E-state index >= 15 is 0 Å². The second-order valence-corrected chi connectivity index (χ2v) is 7.87. The number of hydrogen-bond acceptors (Lipinski definition) is 5. The fourth-order valence-electron chi connectivity index (χ4n) is 3.99. The quantitative estimate of drug-likeness (QED) is 0.458. The first-order chi connectivity index (χ1) is 15.2. The number of unbranched alkanes of at least 4 members (excludes halogenated alkanes) is 2. The van der Waals surface area contributed by atoms with E-state index in [1.807, 2.05) is 48.7 Å². The number of nitrogens with two attached hydrogens (primary N) is 1. The molecule has 2 aromatic heterocycles. The molecule has 1 aromatic carbocycles. The van der Waals surface area contributed by atoms with Crippen LogP contribution in [0.3, 0.4) is 0 Å². The molecule has 1 aliphatic rings. The molecule has 162 valence electrons. The fraction of sp³-hybridized carbons (Fsp3) is 0.375. The number of fused-ring (bicyclic) bond motifs is 3. The Bertz CT molecular complexity index is 1030. The highest BCUT2D eigenvalue weighted by Gasteiger charge is 2.29. The molecule has 0 saturated carbocycles. The standard InChI is InChI=1S/C24H30N6O/c1-2-3-13-19-29-21-22(20-18(28-23(21)25)12-9-15-26-20)30(19)16-8-7-14-27-24(31)17-10-5-4-6-11-17/h4-6,9-12,15,23,28H,2-3,7-8,13-14,16,25H2,1H3,(H,27,31). The third kappa shape index (κ3) is 4.61. The Balaban J connectivity index is 1.46. The van der Waals surface area contributed by atoms with Crippen LogP contribution in [0.2, 0.25) is 0 Å². The Morgan fingerprint density at radius 3 is 2.81 bits per heavy atom. The van der Waals surface area contributed by atoms with E-state index in [0.717, 1.165) is 67.2 Å². The Morgan fingerprint density at radius 2 is 2.00 bits per heavy atom. The van der Waals surface area contributed by atoms with Crippen LogP contribution in [0.1, 0.15) is 60.6 Å². The molecular formula is C24H30N6O. The van der Waals surface area contributed by atoms with E-state index in [-0.39, 0.29) is 12.1 Å². The van der Waals surface area contributed by atoms with Gasteiger partial charge in [-0.1, -0.05) is 31.5 Å². The fourth-order valence-corrected chi connectivity index (χ4v) is 3.99. The van der Waals surface area contributed by atoms with Crippen molar-refractivity contribution in [1.29, 1.82) is 0 Å². The zero-order valence-corrected chi connectivity index (χ0v) is 18.0. The van der Waals surface area contributed by atoms with Crippen molar-refractivity contribution in [2.24, 2.45) is 5.73 Å². The second-order valence-electron chi connectivity index (χ2n) is 7.87. The van der Waals surface area contributed by atoms with Crippen LogP contribution in [-0.4, -0.2) is 27.0 Å². The SMILES string of the molecule is CCCCc1nc2c(n1CCCCNC(=O)c1ccccc1)-c1ncccc1NC2N. The Labute approximate surface area is 183 Å². The van der Waals surface area contributed by atoms with Crippen LogP contribution in [0, 0.1) is 0 Å². The van der Waals surface area contributed by atoms with E-state index in [0.29, 0.717) is 12.1 Å². The van der Waals surface area contributed by atoms with Crippen LogP contribution >= 0.6 is 0 Å². The van der Waals surface area contributed by atoms with E-state index in [1.165, 1.54) is 0 Å². The maximum Gasteiger partial charge on any atom is 0.251 e. The monoisotopic (exact) mass is 418 g/mol. The molecule has 3 heterocycles. The van der Waals surface area contributed by atoms with Gasteiger partial charge in [0.05, 0.1) is 11.4 Å². The Morgan fingerprint density at radius 1 is 1.16 bits per heavy atom. The predicted molar refractivity (Wildman–Crippen MR) is 123 cm³/mol. The van der Waals surface area contributed by atoms with Gasteiger partial charge in [-0.25, -0.2) is 4.98 Å². The highest BCUT2D eigenvalue weighted by molar-refractivity contribution is 5.94. The van der Waals surface area contributed by atoms with Crippen LogP contribution in [0.15, 0.2) is 48.7 Å². The van der Waals surface area contributed by atoms with Crippen molar-refractivity contribution in [2.75, 3.05) is 11.9 Å². The van der Waals surface area contributed by atoms with Crippen LogP contribution in [-0.2, 0) is 13.0 Å². The molecule has 0 saturated heterocycles. The minimum absolute atomic E-state index is 0.0283. The zero-order valence-electron chi connectivity index (χ0n) is 18.0. The smallest absolute Gasteiger partial charge is 0.251 e. The Kier molecular flexibility index (Phi) is 6.62. The van der Waals surface area contributed by atoms with Crippen molar-refractivity contribution >= 4 is 11.6 Å². The summed E-state index contributed by atoms with van der Waals surface area (Å²) in [5.74, 6) is 1.04. The number of aromatic nitrogens is 3. The molecule has 3 aromatic rings. The number of anilines is 1. The number of nitrogens with one attached hydrogen (secondary N) is 2. The summed E-state index contributed by atoms with van der Waals surface area (Å²) in [5, 5.41) is 6.32. The molecule has 4 rings (SSSR count). The number of rotatable bonds is 9. The molecule has 0 spiro atoms. The van der Waals surface area contributed by atoms with E-state index < -0.39 is 0 Å². The first-order valence-electron chi connectivity index (χ1n) is 11.1. The van der Waals surface area contributed by atoms with Gasteiger partial charge >= 0.3 is 0 Å². The highest BCUT2D eigenvalue weighted by atomic mass is 16.1. The number of carbonyl (C=O) groups is 1. The molecule has 7 nitrogen and oxygen atoms in total. The molecule has 0 aliphatic carbocycles. The van der Waals surface area contributed by atoms with Gasteiger partial charge in [0.2, 0.25) is 0 Å². The second kappa shape index (κ2) is 9.75. The number of nitrogens with zero attached hydrogens (tertiary/aromatic N) is 3. The summed E-state index contributed by atoms with van der Waals surface area (Å²) < 4.78 is 2.29. The average molecular weight is 419 g/mol. The lowest BCUT2D eigenvalue weighted by atomic mass is 10.1. The summed E-state index contributed by atoms with van der Waals surface area (Å²) in [6.45, 7) is 3.66. The van der Waals surface area contributed by atoms with Gasteiger partial charge in [-0.3, -0.25) is 9.78 Å². The molecule has 1 aliphatic heterocycles. The van der Waals surface area contributed by atoms with Crippen molar-refractivity contribution in [3.63, 3.8) is 0 Å². The normalized spacial score (nSPS) is 14.5. The van der Waals surface area contributed by atoms with Crippen molar-refractivity contribution in [1.82, 2.24) is 19.9 Å². The number of amides is 1. The van der Waals surface area contributed by atoms with Gasteiger partial charge < -0.3 is 20.9 Å². The van der Waals surface area contributed by atoms with Crippen LogP contribution in [0.4, 0.5) is 5.69 Å². The van der Waals surface area contributed by atoms with Gasteiger partial charge in [-0.2, -0.15) is 0 Å². The average Bonchev–Trinajstić information content (AvgIpc) is 3.17. The first-order valence-corrected chi connectivity index (χ1v) is 11.1. The van der Waals surface area contributed by atoms with Crippen LogP contribution in [0.5, 0.6) is 0 Å². The predicted octanol–water partition coefficient (Wildman–Crippen LogP) is 3.88. The molecule has 1 unspecified atom stereocenters. The van der Waals surface area contributed by atoms with Gasteiger partial charge in [0.25, 0.3) is 5.91 Å². The van der Waals surface area contributed by atoms with Gasteiger partial charge in [0.1, 0.15) is 23.4 Å². The molecule has 4 N–H and O–H groups in total. The maximum absolute atomic E-state index is 12.2. The number of pyridine rings is 1. The summed E-state index contributed by atoms with van der Waals surface area (Å²) in [7, 11) is 0. The lowest BCUT2D eigenvalue weighted by Crippen LogP contribution is -2.26. The van der Waals surface area contributed by atoms with Crippen LogP contribution in [0.25, 0.3) is 11.4 Å². The molecule has 1 amide bonds. The number of benzene rings is 1. The van der Waals surface area contributed by atoms with Crippen molar-refractivity contribution in [3.8, 4) is 11.4 Å². The molecule has 31 heavy (non-hydrogen) atoms. The summed E-state index contributed by atoms with van der Waals surface area (Å²) in [6, 6.07) is 13.2. The molecule has 0 bridgehead atoms. The van der Waals surface area contributed by atoms with Crippen LogP contribution < -0.4 is 16.4 Å². The number of imidazole rings is 1. The van der Waals surface area contributed by atoms with Crippen molar-refractivity contribution in [3.05, 3.63) is 65.7 Å². The van der Waals surface area contributed by atoms with Gasteiger partial charge in [-0.05, 0) is 43.5 Å². The zero-order chi connectivity index (χ0) is 21.6. The minimum Gasteiger partial charge on any atom is -0.363 e. The maximum atomic E-state index is 12.2. The third-order valence-corrected chi connectivity index (χ3v) is 5.60. The first kappa shape index (κ1) is 21.1. The molecule has 0 radical (unpaired) electrons. The summed E-state index contributed by atoms with van der Waals surface area (Å²) in [6.07, 6.45) is 6.41. The highest BCUT2D eigenvalue weighted by Crippen LogP contribution is 2.38. The number of hydrogen-bond donors (Lipinski definition) is 3. The minimum atomic E-state index is -0.335. The molecular weight excluding hydrogens is 388 g/mol. The largest absolute Gasteiger partial charge is 0.363 e. The lowest BCUT2D eigenvalue weighted by Gasteiger charge is -2.24. The third-order valence-electron chi connectivity index (χ3n) is 5.60. The lowest BCUT2D eigenvalue weighted by molar-refractivity contribution is 0.0953. The molecule has 0 fully saturated rings. The van der Waals surface area contributed by atoms with Gasteiger partial charge in [-0.15, -0.1) is 0 Å². The van der Waals surface area contributed by atoms with Crippen molar-refractivity contribution in [2.45, 2.75) is 51.7 Å². The van der Waals surface area contributed by atoms with E-state index in [1.54, 1.807) is 0 Å². The Hall–Kier alpha value is -3.19. The summed E-state index contributed by atoms with van der Waals surface area (Å²) in [5.41, 5.74) is 10.8. The molecule has 7 heteroatoms. The van der Waals surface area contributed by atoms with Crippen molar-refractivity contribution < 1.29 is 4.79 Å². The molecule has 1 atom stereocenters. The van der Waals surface area contributed by atoms with Gasteiger partial charge in [0, 0.05) is 31.3 Å². The van der Waals surface area contributed by atoms with Gasteiger partial charge in [0.15, 0.2) is 0 Å². The summed E-state index contributed by atoms with van der Waals surface area (Å²) >= 11 is 0. The number of carbonyl (C=O) groups excluding carboxylic acids is 1. The van der Waals surface area contributed by atoms with E-state index in [9.17, 15) is 4.79 Å². The summed E-state index contributed by atoms with van der Waals surface area (Å²) in [4.78, 5) is 21.7. The number of aryl methyl sites for hydroxylation is 1. The topological polar surface area (TPSA) is 97.9 Å².